The molecule has 1 aliphatic rings. The molecule has 0 aromatic heterocycles. The number of aliphatic carboxylic acids is 1. The number of hydrogen-bond acceptors (Lipinski definition) is 5. The van der Waals surface area contributed by atoms with Crippen molar-refractivity contribution < 1.29 is 28.9 Å². The second kappa shape index (κ2) is 6.45. The second-order valence-electron chi connectivity index (χ2n) is 4.59. The molecule has 21 heavy (non-hydrogen) atoms. The van der Waals surface area contributed by atoms with E-state index in [-0.39, 0.29) is 5.91 Å². The van der Waals surface area contributed by atoms with Crippen LogP contribution in [0.4, 0.5) is 5.69 Å². The number of rotatable bonds is 5. The Bertz CT molecular complexity index is 544. The summed E-state index contributed by atoms with van der Waals surface area (Å²) >= 11 is 0. The highest BCUT2D eigenvalue weighted by Crippen LogP contribution is 2.30. The van der Waals surface area contributed by atoms with Gasteiger partial charge in [0.2, 0.25) is 0 Å². The predicted octanol–water partition coefficient (Wildman–Crippen LogP) is 1.27. The van der Waals surface area contributed by atoms with E-state index in [0.29, 0.717) is 30.0 Å². The van der Waals surface area contributed by atoms with Crippen molar-refractivity contribution in [3.8, 4) is 11.5 Å². The summed E-state index contributed by atoms with van der Waals surface area (Å²) < 4.78 is 15.4. The Labute approximate surface area is 121 Å². The zero-order valence-corrected chi connectivity index (χ0v) is 11.8. The number of carbonyl (C=O) groups excluding carboxylic acids is 1. The number of methoxy groups -OCH3 is 2. The van der Waals surface area contributed by atoms with Gasteiger partial charge in [0.1, 0.15) is 6.10 Å². The first-order valence-electron chi connectivity index (χ1n) is 6.46. The van der Waals surface area contributed by atoms with Gasteiger partial charge < -0.3 is 24.6 Å². The third-order valence-corrected chi connectivity index (χ3v) is 3.24. The van der Waals surface area contributed by atoms with Crippen molar-refractivity contribution in [2.75, 3.05) is 19.5 Å². The molecular formula is C14H17NO6. The topological polar surface area (TPSA) is 94.1 Å². The molecule has 1 aromatic rings. The van der Waals surface area contributed by atoms with Crippen LogP contribution in [0.15, 0.2) is 18.2 Å². The lowest BCUT2D eigenvalue weighted by Gasteiger charge is -2.13. The first kappa shape index (κ1) is 15.1. The average molecular weight is 295 g/mol. The third-order valence-electron chi connectivity index (χ3n) is 3.24. The molecule has 114 valence electrons. The number of carboxylic acid groups (broad SMARTS) is 1. The molecule has 0 aliphatic carbocycles. The van der Waals surface area contributed by atoms with E-state index in [2.05, 4.69) is 5.32 Å². The van der Waals surface area contributed by atoms with Gasteiger partial charge in [-0.2, -0.15) is 0 Å². The summed E-state index contributed by atoms with van der Waals surface area (Å²) in [5.41, 5.74) is 0.528. The highest BCUT2D eigenvalue weighted by molar-refractivity contribution is 5.95. The molecule has 2 atom stereocenters. The lowest BCUT2D eigenvalue weighted by Crippen LogP contribution is -2.29. The summed E-state index contributed by atoms with van der Waals surface area (Å²) in [6, 6.07) is 4.97. The summed E-state index contributed by atoms with van der Waals surface area (Å²) in [7, 11) is 3.02. The molecule has 1 aromatic carbocycles. The zero-order chi connectivity index (χ0) is 15.4. The van der Waals surface area contributed by atoms with Crippen LogP contribution in [0.1, 0.15) is 12.8 Å². The monoisotopic (exact) mass is 295 g/mol. The van der Waals surface area contributed by atoms with Crippen molar-refractivity contribution in [1.29, 1.82) is 0 Å². The molecule has 2 rings (SSSR count). The van der Waals surface area contributed by atoms with Gasteiger partial charge in [-0.05, 0) is 25.0 Å². The van der Waals surface area contributed by atoms with Crippen molar-refractivity contribution in [1.82, 2.24) is 0 Å². The lowest BCUT2D eigenvalue weighted by atomic mass is 10.2. The summed E-state index contributed by atoms with van der Waals surface area (Å²) in [4.78, 5) is 22.8. The van der Waals surface area contributed by atoms with E-state index in [1.807, 2.05) is 0 Å². The van der Waals surface area contributed by atoms with Crippen LogP contribution in [0.2, 0.25) is 0 Å². The Balaban J connectivity index is 2.02. The van der Waals surface area contributed by atoms with Crippen molar-refractivity contribution in [3.05, 3.63) is 18.2 Å². The number of carbonyl (C=O) groups is 2. The molecule has 1 heterocycles. The minimum atomic E-state index is -1.04. The molecule has 1 fully saturated rings. The summed E-state index contributed by atoms with van der Waals surface area (Å²) in [5.74, 6) is -0.369. The van der Waals surface area contributed by atoms with Crippen LogP contribution in [0.25, 0.3) is 0 Å². The van der Waals surface area contributed by atoms with Gasteiger partial charge in [-0.3, -0.25) is 4.79 Å². The van der Waals surface area contributed by atoms with E-state index in [0.717, 1.165) is 0 Å². The van der Waals surface area contributed by atoms with Crippen molar-refractivity contribution in [2.24, 2.45) is 0 Å². The molecule has 0 unspecified atom stereocenters. The largest absolute Gasteiger partial charge is 0.493 e. The Morgan fingerprint density at radius 1 is 1.19 bits per heavy atom. The maximum absolute atomic E-state index is 12.0. The first-order chi connectivity index (χ1) is 10.0. The van der Waals surface area contributed by atoms with Crippen molar-refractivity contribution in [3.63, 3.8) is 0 Å². The van der Waals surface area contributed by atoms with Crippen LogP contribution in [0.5, 0.6) is 11.5 Å². The highest BCUT2D eigenvalue weighted by atomic mass is 16.5. The fraction of sp³-hybridized carbons (Fsp3) is 0.429. The van der Waals surface area contributed by atoms with E-state index < -0.39 is 18.2 Å². The van der Waals surface area contributed by atoms with Crippen LogP contribution < -0.4 is 14.8 Å². The summed E-state index contributed by atoms with van der Waals surface area (Å²) in [5, 5.41) is 11.5. The first-order valence-corrected chi connectivity index (χ1v) is 6.46. The molecule has 1 amide bonds. The molecule has 0 saturated carbocycles. The lowest BCUT2D eigenvalue weighted by molar-refractivity contribution is -0.150. The van der Waals surface area contributed by atoms with E-state index in [1.54, 1.807) is 18.2 Å². The molecule has 0 spiro atoms. The third kappa shape index (κ3) is 3.43. The van der Waals surface area contributed by atoms with Crippen LogP contribution >= 0.6 is 0 Å². The Morgan fingerprint density at radius 2 is 1.86 bits per heavy atom. The molecular weight excluding hydrogens is 278 g/mol. The second-order valence-corrected chi connectivity index (χ2v) is 4.59. The van der Waals surface area contributed by atoms with E-state index >= 15 is 0 Å². The molecule has 0 radical (unpaired) electrons. The van der Waals surface area contributed by atoms with Gasteiger partial charge >= 0.3 is 5.97 Å². The number of hydrogen-bond donors (Lipinski definition) is 2. The average Bonchev–Trinajstić information content (AvgIpc) is 2.97. The van der Waals surface area contributed by atoms with Gasteiger partial charge in [0.25, 0.3) is 5.91 Å². The van der Waals surface area contributed by atoms with E-state index in [4.69, 9.17) is 19.3 Å². The maximum Gasteiger partial charge on any atom is 0.332 e. The minimum Gasteiger partial charge on any atom is -0.493 e. The van der Waals surface area contributed by atoms with Crippen molar-refractivity contribution >= 4 is 17.6 Å². The van der Waals surface area contributed by atoms with Crippen LogP contribution in [0.3, 0.4) is 0 Å². The highest BCUT2D eigenvalue weighted by Gasteiger charge is 2.34. The molecule has 1 saturated heterocycles. The normalized spacial score (nSPS) is 20.9. The number of benzene rings is 1. The maximum atomic E-state index is 12.0. The number of anilines is 1. The zero-order valence-electron chi connectivity index (χ0n) is 11.8. The Hall–Kier alpha value is -2.28. The number of amides is 1. The molecule has 7 nitrogen and oxygen atoms in total. The van der Waals surface area contributed by atoms with Gasteiger partial charge in [0.05, 0.1) is 14.2 Å². The fourth-order valence-electron chi connectivity index (χ4n) is 2.15. The van der Waals surface area contributed by atoms with Crippen molar-refractivity contribution in [2.45, 2.75) is 25.0 Å². The fourth-order valence-corrected chi connectivity index (χ4v) is 2.15. The summed E-state index contributed by atoms with van der Waals surface area (Å²) in [6.07, 6.45) is -0.944. The van der Waals surface area contributed by atoms with Crippen LogP contribution in [0, 0.1) is 0 Å². The van der Waals surface area contributed by atoms with Gasteiger partial charge in [-0.25, -0.2) is 4.79 Å². The molecule has 1 aliphatic heterocycles. The molecule has 2 N–H and O–H groups in total. The number of carboxylic acids is 1. The van der Waals surface area contributed by atoms with E-state index in [1.165, 1.54) is 14.2 Å². The summed E-state index contributed by atoms with van der Waals surface area (Å²) in [6.45, 7) is 0. The van der Waals surface area contributed by atoms with Gasteiger partial charge in [0.15, 0.2) is 17.6 Å². The van der Waals surface area contributed by atoms with Gasteiger partial charge in [0, 0.05) is 11.8 Å². The van der Waals surface area contributed by atoms with E-state index in [9.17, 15) is 9.59 Å². The Kier molecular flexibility index (Phi) is 4.64. The Morgan fingerprint density at radius 3 is 2.43 bits per heavy atom. The SMILES string of the molecule is COc1ccc(NC(=O)[C@@H]2CC[C@H](C(=O)O)O2)cc1OC. The number of ether oxygens (including phenoxy) is 3. The van der Waals surface area contributed by atoms with Crippen LogP contribution in [-0.2, 0) is 14.3 Å². The van der Waals surface area contributed by atoms with Crippen LogP contribution in [-0.4, -0.2) is 43.4 Å². The van der Waals surface area contributed by atoms with Gasteiger partial charge in [-0.15, -0.1) is 0 Å². The molecule has 7 heteroatoms. The number of nitrogens with one attached hydrogen (secondary N) is 1. The smallest absolute Gasteiger partial charge is 0.332 e. The molecule has 0 bridgehead atoms. The predicted molar refractivity (Wildman–Crippen MR) is 73.7 cm³/mol. The standard InChI is InChI=1S/C14H17NO6/c1-19-9-4-3-8(7-12(9)20-2)15-13(16)10-5-6-11(21-10)14(17)18/h3-4,7,10-11H,5-6H2,1-2H3,(H,15,16)(H,17,18)/t10-,11+/m0/s1. The minimum absolute atomic E-state index is 0.333. The quantitative estimate of drug-likeness (QED) is 0.849. The van der Waals surface area contributed by atoms with Gasteiger partial charge in [-0.1, -0.05) is 0 Å².